The van der Waals surface area contributed by atoms with E-state index in [-0.39, 0.29) is 11.7 Å². The molecule has 0 saturated carbocycles. The SMILES string of the molecule is CC(C)C(=O)c1[c]nccc1. The van der Waals surface area contributed by atoms with E-state index in [9.17, 15) is 4.79 Å². The number of hydrogen-bond donors (Lipinski definition) is 0. The van der Waals surface area contributed by atoms with Gasteiger partial charge in [0.2, 0.25) is 0 Å². The molecule has 2 heteroatoms. The summed E-state index contributed by atoms with van der Waals surface area (Å²) >= 11 is 0. The molecule has 0 saturated heterocycles. The van der Waals surface area contributed by atoms with Gasteiger partial charge in [-0.1, -0.05) is 13.8 Å². The van der Waals surface area contributed by atoms with E-state index in [2.05, 4.69) is 11.2 Å². The fourth-order valence-corrected chi connectivity index (χ4v) is 0.775. The van der Waals surface area contributed by atoms with Crippen molar-refractivity contribution >= 4 is 5.78 Å². The Morgan fingerprint density at radius 3 is 2.82 bits per heavy atom. The Kier molecular flexibility index (Phi) is 2.36. The lowest BCUT2D eigenvalue weighted by Crippen LogP contribution is -2.07. The van der Waals surface area contributed by atoms with Crippen LogP contribution in [0.2, 0.25) is 0 Å². The highest BCUT2D eigenvalue weighted by molar-refractivity contribution is 5.96. The Balaban J connectivity index is 2.86. The van der Waals surface area contributed by atoms with Gasteiger partial charge in [-0.2, -0.15) is 0 Å². The highest BCUT2D eigenvalue weighted by Crippen LogP contribution is 2.04. The summed E-state index contributed by atoms with van der Waals surface area (Å²) in [4.78, 5) is 15.0. The zero-order valence-electron chi connectivity index (χ0n) is 6.66. The first-order chi connectivity index (χ1) is 5.22. The van der Waals surface area contributed by atoms with E-state index in [1.807, 2.05) is 13.8 Å². The molecule has 0 atom stereocenters. The van der Waals surface area contributed by atoms with E-state index in [1.165, 1.54) is 0 Å². The number of carbonyl (C=O) groups is 1. The molecule has 0 N–H and O–H groups in total. The third kappa shape index (κ3) is 1.87. The van der Waals surface area contributed by atoms with Crippen LogP contribution in [0.4, 0.5) is 0 Å². The molecule has 0 aromatic carbocycles. The van der Waals surface area contributed by atoms with Crippen molar-refractivity contribution in [3.63, 3.8) is 0 Å². The molecule has 1 aromatic heterocycles. The van der Waals surface area contributed by atoms with Gasteiger partial charge in [-0.15, -0.1) is 0 Å². The monoisotopic (exact) mass is 148 g/mol. The molecule has 0 spiro atoms. The maximum absolute atomic E-state index is 11.3. The summed E-state index contributed by atoms with van der Waals surface area (Å²) in [5.74, 6) is 0.119. The molecule has 0 bridgehead atoms. The fraction of sp³-hybridized carbons (Fsp3) is 0.333. The first kappa shape index (κ1) is 7.92. The predicted molar refractivity (Wildman–Crippen MR) is 42.2 cm³/mol. The average Bonchev–Trinajstić information content (AvgIpc) is 2.05. The lowest BCUT2D eigenvalue weighted by atomic mass is 10.0. The van der Waals surface area contributed by atoms with Crippen molar-refractivity contribution in [1.29, 1.82) is 0 Å². The van der Waals surface area contributed by atoms with Crippen molar-refractivity contribution in [3.05, 3.63) is 30.1 Å². The number of aromatic nitrogens is 1. The molecule has 1 radical (unpaired) electrons. The lowest BCUT2D eigenvalue weighted by molar-refractivity contribution is 0.0938. The lowest BCUT2D eigenvalue weighted by Gasteiger charge is -2.00. The summed E-state index contributed by atoms with van der Waals surface area (Å²) in [5, 5.41) is 0. The quantitative estimate of drug-likeness (QED) is 0.598. The van der Waals surface area contributed by atoms with Crippen LogP contribution in [0, 0.1) is 12.1 Å². The second-order valence-corrected chi connectivity index (χ2v) is 2.68. The van der Waals surface area contributed by atoms with E-state index >= 15 is 0 Å². The molecule has 57 valence electrons. The Labute approximate surface area is 66.3 Å². The number of carbonyl (C=O) groups excluding carboxylic acids is 1. The van der Waals surface area contributed by atoms with Crippen molar-refractivity contribution in [3.8, 4) is 0 Å². The van der Waals surface area contributed by atoms with Crippen LogP contribution in [0.5, 0.6) is 0 Å². The Morgan fingerprint density at radius 2 is 2.36 bits per heavy atom. The van der Waals surface area contributed by atoms with Gasteiger partial charge in [-0.05, 0) is 12.1 Å². The van der Waals surface area contributed by atoms with Crippen LogP contribution in [-0.2, 0) is 0 Å². The Bertz CT molecular complexity index is 241. The molecule has 1 aromatic rings. The number of hydrogen-bond acceptors (Lipinski definition) is 2. The minimum Gasteiger partial charge on any atom is -0.294 e. The molecule has 0 amide bonds. The van der Waals surface area contributed by atoms with Crippen LogP contribution >= 0.6 is 0 Å². The molecule has 0 aliphatic rings. The summed E-state index contributed by atoms with van der Waals surface area (Å²) in [6.45, 7) is 3.73. The van der Waals surface area contributed by atoms with Crippen LogP contribution in [0.25, 0.3) is 0 Å². The molecule has 1 rings (SSSR count). The van der Waals surface area contributed by atoms with Gasteiger partial charge in [0.15, 0.2) is 5.78 Å². The van der Waals surface area contributed by atoms with Crippen molar-refractivity contribution in [2.24, 2.45) is 5.92 Å². The minimum absolute atomic E-state index is 0.0236. The van der Waals surface area contributed by atoms with E-state index in [1.54, 1.807) is 18.3 Å². The normalized spacial score (nSPS) is 10.1. The minimum atomic E-state index is 0.0236. The molecular formula is C9H10NO. The zero-order valence-corrected chi connectivity index (χ0v) is 6.66. The maximum atomic E-state index is 11.3. The summed E-state index contributed by atoms with van der Waals surface area (Å²) in [6, 6.07) is 3.47. The molecule has 2 nitrogen and oxygen atoms in total. The third-order valence-corrected chi connectivity index (χ3v) is 1.40. The summed E-state index contributed by atoms with van der Waals surface area (Å²) in [6.07, 6.45) is 4.26. The zero-order chi connectivity index (χ0) is 8.27. The van der Waals surface area contributed by atoms with Crippen LogP contribution in [0.15, 0.2) is 18.3 Å². The van der Waals surface area contributed by atoms with Crippen LogP contribution in [-0.4, -0.2) is 10.8 Å². The van der Waals surface area contributed by atoms with Crippen molar-refractivity contribution in [1.82, 2.24) is 4.98 Å². The van der Waals surface area contributed by atoms with Gasteiger partial charge in [0.25, 0.3) is 0 Å². The smallest absolute Gasteiger partial charge is 0.167 e. The first-order valence-corrected chi connectivity index (χ1v) is 3.58. The molecule has 1 heterocycles. The van der Waals surface area contributed by atoms with E-state index < -0.39 is 0 Å². The van der Waals surface area contributed by atoms with E-state index in [4.69, 9.17) is 0 Å². The third-order valence-electron chi connectivity index (χ3n) is 1.40. The number of rotatable bonds is 2. The molecule has 11 heavy (non-hydrogen) atoms. The van der Waals surface area contributed by atoms with Crippen LogP contribution in [0.3, 0.4) is 0 Å². The topological polar surface area (TPSA) is 30.0 Å². The largest absolute Gasteiger partial charge is 0.294 e. The van der Waals surface area contributed by atoms with Gasteiger partial charge in [-0.25, -0.2) is 0 Å². The average molecular weight is 148 g/mol. The van der Waals surface area contributed by atoms with Gasteiger partial charge in [-0.3, -0.25) is 9.78 Å². The summed E-state index contributed by atoms with van der Waals surface area (Å²) in [7, 11) is 0. The maximum Gasteiger partial charge on any atom is 0.167 e. The number of pyridine rings is 1. The van der Waals surface area contributed by atoms with Gasteiger partial charge in [0.05, 0.1) is 0 Å². The van der Waals surface area contributed by atoms with E-state index in [0.29, 0.717) is 5.56 Å². The van der Waals surface area contributed by atoms with E-state index in [0.717, 1.165) is 0 Å². The fourth-order valence-electron chi connectivity index (χ4n) is 0.775. The molecule has 0 fully saturated rings. The number of Topliss-reactive ketones (excluding diaryl/α,β-unsaturated/α-hetero) is 1. The Hall–Kier alpha value is -1.18. The highest BCUT2D eigenvalue weighted by Gasteiger charge is 2.09. The first-order valence-electron chi connectivity index (χ1n) is 3.58. The number of nitrogens with zero attached hydrogens (tertiary/aromatic N) is 1. The highest BCUT2D eigenvalue weighted by atomic mass is 16.1. The Morgan fingerprint density at radius 1 is 1.64 bits per heavy atom. The molecule has 0 aliphatic carbocycles. The van der Waals surface area contributed by atoms with Crippen molar-refractivity contribution in [2.75, 3.05) is 0 Å². The van der Waals surface area contributed by atoms with Crippen LogP contribution in [0.1, 0.15) is 24.2 Å². The van der Waals surface area contributed by atoms with Crippen LogP contribution < -0.4 is 0 Å². The summed E-state index contributed by atoms with van der Waals surface area (Å²) in [5.41, 5.74) is 0.572. The van der Waals surface area contributed by atoms with Gasteiger partial charge < -0.3 is 0 Å². The van der Waals surface area contributed by atoms with Gasteiger partial charge in [0.1, 0.15) is 6.20 Å². The molecule has 0 unspecified atom stereocenters. The predicted octanol–water partition coefficient (Wildman–Crippen LogP) is 1.72. The van der Waals surface area contributed by atoms with Crippen molar-refractivity contribution in [2.45, 2.75) is 13.8 Å². The molecular weight excluding hydrogens is 138 g/mol. The second-order valence-electron chi connectivity index (χ2n) is 2.68. The van der Waals surface area contributed by atoms with Gasteiger partial charge >= 0.3 is 0 Å². The molecule has 0 aliphatic heterocycles. The van der Waals surface area contributed by atoms with Gasteiger partial charge in [0, 0.05) is 17.7 Å². The summed E-state index contributed by atoms with van der Waals surface area (Å²) < 4.78 is 0. The standard InChI is InChI=1S/C9H10NO/c1-7(2)9(11)8-4-3-5-10-6-8/h3-5,7H,1-2H3. The number of ketones is 1. The van der Waals surface area contributed by atoms with Crippen molar-refractivity contribution < 1.29 is 4.79 Å². The second kappa shape index (κ2) is 3.28.